The SMILES string of the molecule is C=C(CCOCCOCCOCC)C(=O)OCCOCCOCCOC. The van der Waals surface area contributed by atoms with Gasteiger partial charge in [-0.1, -0.05) is 6.58 Å². The average Bonchev–Trinajstić information content (AvgIpc) is 2.65. The normalized spacial score (nSPS) is 10.8. The van der Waals surface area contributed by atoms with Crippen LogP contribution >= 0.6 is 0 Å². The Morgan fingerprint density at radius 1 is 0.692 bits per heavy atom. The van der Waals surface area contributed by atoms with Gasteiger partial charge in [-0.25, -0.2) is 4.79 Å². The maximum atomic E-state index is 11.7. The fourth-order valence-electron chi connectivity index (χ4n) is 1.64. The minimum absolute atomic E-state index is 0.185. The standard InChI is InChI=1S/C18H34O8/c1-4-21-9-10-24-12-11-22-6-5-17(2)18(19)26-16-15-25-14-13-23-8-7-20-3/h2,4-16H2,1,3H3. The van der Waals surface area contributed by atoms with Gasteiger partial charge in [0.1, 0.15) is 6.61 Å². The molecule has 0 aliphatic heterocycles. The molecule has 0 aromatic carbocycles. The number of methoxy groups -OCH3 is 1. The quantitative estimate of drug-likeness (QED) is 0.178. The highest BCUT2D eigenvalue weighted by molar-refractivity contribution is 5.87. The van der Waals surface area contributed by atoms with Gasteiger partial charge in [0.05, 0.1) is 66.1 Å². The molecule has 0 aromatic rings. The second kappa shape index (κ2) is 20.3. The zero-order valence-corrected chi connectivity index (χ0v) is 16.2. The summed E-state index contributed by atoms with van der Waals surface area (Å²) >= 11 is 0. The van der Waals surface area contributed by atoms with Crippen LogP contribution in [-0.4, -0.2) is 92.4 Å². The van der Waals surface area contributed by atoms with Crippen molar-refractivity contribution in [3.63, 3.8) is 0 Å². The fourth-order valence-corrected chi connectivity index (χ4v) is 1.64. The molecular formula is C18H34O8. The van der Waals surface area contributed by atoms with E-state index in [0.29, 0.717) is 84.7 Å². The maximum Gasteiger partial charge on any atom is 0.333 e. The Labute approximate surface area is 156 Å². The van der Waals surface area contributed by atoms with E-state index in [2.05, 4.69) is 6.58 Å². The van der Waals surface area contributed by atoms with Gasteiger partial charge in [-0.2, -0.15) is 0 Å². The Kier molecular flexibility index (Phi) is 19.5. The van der Waals surface area contributed by atoms with Gasteiger partial charge < -0.3 is 33.2 Å². The third-order valence-electron chi connectivity index (χ3n) is 3.05. The number of hydrogen-bond donors (Lipinski definition) is 0. The van der Waals surface area contributed by atoms with E-state index in [1.165, 1.54) is 0 Å². The van der Waals surface area contributed by atoms with E-state index >= 15 is 0 Å². The number of esters is 1. The summed E-state index contributed by atoms with van der Waals surface area (Å²) in [6, 6.07) is 0. The molecule has 0 radical (unpaired) electrons. The smallest absolute Gasteiger partial charge is 0.333 e. The van der Waals surface area contributed by atoms with Gasteiger partial charge in [0.2, 0.25) is 0 Å². The van der Waals surface area contributed by atoms with Crippen molar-refractivity contribution < 1.29 is 38.0 Å². The third kappa shape index (κ3) is 17.8. The van der Waals surface area contributed by atoms with E-state index < -0.39 is 5.97 Å². The van der Waals surface area contributed by atoms with Gasteiger partial charge in [0, 0.05) is 25.7 Å². The van der Waals surface area contributed by atoms with E-state index in [4.69, 9.17) is 33.2 Å². The lowest BCUT2D eigenvalue weighted by Gasteiger charge is -2.09. The van der Waals surface area contributed by atoms with Gasteiger partial charge in [0.25, 0.3) is 0 Å². The summed E-state index contributed by atoms with van der Waals surface area (Å²) in [4.78, 5) is 11.7. The first-order chi connectivity index (χ1) is 12.7. The fraction of sp³-hybridized carbons (Fsp3) is 0.833. The van der Waals surface area contributed by atoms with Crippen molar-refractivity contribution in [1.29, 1.82) is 0 Å². The molecule has 0 saturated carbocycles. The van der Waals surface area contributed by atoms with Crippen molar-refractivity contribution in [2.75, 3.05) is 86.4 Å². The van der Waals surface area contributed by atoms with Gasteiger partial charge in [-0.3, -0.25) is 0 Å². The molecule has 0 unspecified atom stereocenters. The van der Waals surface area contributed by atoms with Crippen molar-refractivity contribution in [3.05, 3.63) is 12.2 Å². The van der Waals surface area contributed by atoms with Crippen LogP contribution in [0, 0.1) is 0 Å². The molecule has 26 heavy (non-hydrogen) atoms. The van der Waals surface area contributed by atoms with E-state index in [0.717, 1.165) is 0 Å². The lowest BCUT2D eigenvalue weighted by molar-refractivity contribution is -0.141. The molecule has 0 aromatic heterocycles. The Morgan fingerprint density at radius 2 is 1.15 bits per heavy atom. The highest BCUT2D eigenvalue weighted by atomic mass is 16.6. The predicted molar refractivity (Wildman–Crippen MR) is 96.4 cm³/mol. The van der Waals surface area contributed by atoms with Crippen LogP contribution in [-0.2, 0) is 38.0 Å². The number of carbonyl (C=O) groups excluding carboxylic acids is 1. The van der Waals surface area contributed by atoms with Crippen LogP contribution in [0.4, 0.5) is 0 Å². The van der Waals surface area contributed by atoms with Gasteiger partial charge >= 0.3 is 5.97 Å². The van der Waals surface area contributed by atoms with Gasteiger partial charge in [-0.05, 0) is 6.92 Å². The lowest BCUT2D eigenvalue weighted by atomic mass is 10.2. The molecule has 0 spiro atoms. The molecule has 154 valence electrons. The summed E-state index contributed by atoms with van der Waals surface area (Å²) in [5.41, 5.74) is 0.380. The van der Waals surface area contributed by atoms with Crippen molar-refractivity contribution >= 4 is 5.97 Å². The second-order valence-corrected chi connectivity index (χ2v) is 5.13. The number of hydrogen-bond acceptors (Lipinski definition) is 8. The zero-order valence-electron chi connectivity index (χ0n) is 16.2. The summed E-state index contributed by atoms with van der Waals surface area (Å²) in [6.07, 6.45) is 0.423. The monoisotopic (exact) mass is 378 g/mol. The highest BCUT2D eigenvalue weighted by Gasteiger charge is 2.08. The largest absolute Gasteiger partial charge is 0.460 e. The Hall–Kier alpha value is -1.03. The molecule has 0 rings (SSSR count). The van der Waals surface area contributed by atoms with Crippen molar-refractivity contribution in [2.45, 2.75) is 13.3 Å². The molecule has 0 bridgehead atoms. The number of rotatable bonds is 20. The van der Waals surface area contributed by atoms with Crippen LogP contribution in [0.2, 0.25) is 0 Å². The van der Waals surface area contributed by atoms with Crippen LogP contribution in [0.25, 0.3) is 0 Å². The van der Waals surface area contributed by atoms with Crippen molar-refractivity contribution in [1.82, 2.24) is 0 Å². The van der Waals surface area contributed by atoms with E-state index in [1.54, 1.807) is 7.11 Å². The molecule has 0 heterocycles. The number of ether oxygens (including phenoxy) is 7. The van der Waals surface area contributed by atoms with Crippen LogP contribution in [0.5, 0.6) is 0 Å². The van der Waals surface area contributed by atoms with Crippen LogP contribution < -0.4 is 0 Å². The molecule has 0 atom stereocenters. The molecule has 0 aliphatic carbocycles. The first-order valence-corrected chi connectivity index (χ1v) is 8.94. The van der Waals surface area contributed by atoms with E-state index in [9.17, 15) is 4.79 Å². The van der Waals surface area contributed by atoms with Gasteiger partial charge in [-0.15, -0.1) is 0 Å². The summed E-state index contributed by atoms with van der Waals surface area (Å²) in [6.45, 7) is 11.4. The Balaban J connectivity index is 3.34. The third-order valence-corrected chi connectivity index (χ3v) is 3.05. The molecule has 0 N–H and O–H groups in total. The summed E-state index contributed by atoms with van der Waals surface area (Å²) < 4.78 is 36.3. The molecular weight excluding hydrogens is 344 g/mol. The summed E-state index contributed by atoms with van der Waals surface area (Å²) in [5.74, 6) is -0.429. The topological polar surface area (TPSA) is 81.7 Å². The molecule has 0 saturated heterocycles. The van der Waals surface area contributed by atoms with Crippen molar-refractivity contribution in [3.8, 4) is 0 Å². The first kappa shape index (κ1) is 25.0. The Bertz CT molecular complexity index is 303. The molecule has 0 amide bonds. The second-order valence-electron chi connectivity index (χ2n) is 5.13. The average molecular weight is 378 g/mol. The summed E-state index contributed by atoms with van der Waals surface area (Å²) in [5, 5.41) is 0. The maximum absolute atomic E-state index is 11.7. The number of carbonyl (C=O) groups is 1. The molecule has 0 fully saturated rings. The predicted octanol–water partition coefficient (Wildman–Crippen LogP) is 1.23. The Morgan fingerprint density at radius 3 is 1.69 bits per heavy atom. The highest BCUT2D eigenvalue weighted by Crippen LogP contribution is 2.01. The van der Waals surface area contributed by atoms with E-state index in [-0.39, 0.29) is 6.61 Å². The van der Waals surface area contributed by atoms with Crippen molar-refractivity contribution in [2.24, 2.45) is 0 Å². The molecule has 0 aliphatic rings. The van der Waals surface area contributed by atoms with Crippen LogP contribution in [0.3, 0.4) is 0 Å². The van der Waals surface area contributed by atoms with Crippen LogP contribution in [0.1, 0.15) is 13.3 Å². The minimum atomic E-state index is -0.429. The summed E-state index contributed by atoms with van der Waals surface area (Å²) in [7, 11) is 1.62. The first-order valence-electron chi connectivity index (χ1n) is 8.94. The molecule has 8 heteroatoms. The zero-order chi connectivity index (χ0) is 19.3. The lowest BCUT2D eigenvalue weighted by Crippen LogP contribution is -2.15. The van der Waals surface area contributed by atoms with Crippen LogP contribution in [0.15, 0.2) is 12.2 Å². The molecule has 8 nitrogen and oxygen atoms in total. The minimum Gasteiger partial charge on any atom is -0.460 e. The van der Waals surface area contributed by atoms with Gasteiger partial charge in [0.15, 0.2) is 0 Å². The van der Waals surface area contributed by atoms with E-state index in [1.807, 2.05) is 6.92 Å².